The first kappa shape index (κ1) is 19.5. The molecular formula is C20H41B3. The molecule has 3 heteroatoms. The molecule has 0 radical (unpaired) electrons. The Balaban J connectivity index is 1.91. The van der Waals surface area contributed by atoms with Gasteiger partial charge < -0.3 is 0 Å². The van der Waals surface area contributed by atoms with E-state index in [1.165, 1.54) is 64.2 Å². The second kappa shape index (κ2) is 7.21. The molecule has 0 spiro atoms. The summed E-state index contributed by atoms with van der Waals surface area (Å²) in [6.45, 7) is 9.79. The standard InChI is InChI=1S/C20H41B3/c1-18(2,21)15-7-5-13-20(23,14-6-8-15)17-11-9-16(10-12-17)19(3,4)22/h15-17H,5-14,21-23H2,1-4H3. The van der Waals surface area contributed by atoms with Crippen molar-refractivity contribution in [1.82, 2.24) is 0 Å². The Labute approximate surface area is 149 Å². The fourth-order valence-electron chi connectivity index (χ4n) is 5.70. The third kappa shape index (κ3) is 5.08. The average molecular weight is 314 g/mol. The maximum absolute atomic E-state index is 2.65. The van der Waals surface area contributed by atoms with E-state index in [0.717, 1.165) is 17.8 Å². The van der Waals surface area contributed by atoms with Gasteiger partial charge in [0.05, 0.1) is 0 Å². The van der Waals surface area contributed by atoms with Gasteiger partial charge in [0, 0.05) is 0 Å². The van der Waals surface area contributed by atoms with E-state index in [1.807, 2.05) is 0 Å². The van der Waals surface area contributed by atoms with Gasteiger partial charge in [0.2, 0.25) is 0 Å². The molecule has 2 rings (SSSR count). The van der Waals surface area contributed by atoms with E-state index >= 15 is 0 Å². The summed E-state index contributed by atoms with van der Waals surface area (Å²) >= 11 is 0. The van der Waals surface area contributed by atoms with Crippen LogP contribution >= 0.6 is 0 Å². The third-order valence-corrected chi connectivity index (χ3v) is 7.76. The van der Waals surface area contributed by atoms with Crippen LogP contribution in [0, 0.1) is 17.8 Å². The van der Waals surface area contributed by atoms with Gasteiger partial charge in [0.15, 0.2) is 0 Å². The molecule has 0 atom stereocenters. The van der Waals surface area contributed by atoms with Gasteiger partial charge in [0.25, 0.3) is 0 Å². The number of rotatable bonds is 3. The highest BCUT2D eigenvalue weighted by Crippen LogP contribution is 2.54. The lowest BCUT2D eigenvalue weighted by molar-refractivity contribution is 0.161. The summed E-state index contributed by atoms with van der Waals surface area (Å²) in [6.07, 6.45) is 14.8. The first-order valence-electron chi connectivity index (χ1n) is 10.5. The minimum Gasteiger partial charge on any atom is -0.0669 e. The molecule has 0 unspecified atom stereocenters. The van der Waals surface area contributed by atoms with Crippen molar-refractivity contribution in [3.63, 3.8) is 0 Å². The molecule has 0 aliphatic heterocycles. The van der Waals surface area contributed by atoms with Crippen LogP contribution in [0.3, 0.4) is 0 Å². The monoisotopic (exact) mass is 314 g/mol. The second-order valence-electron chi connectivity index (χ2n) is 11.4. The van der Waals surface area contributed by atoms with Crippen LogP contribution in [0.25, 0.3) is 0 Å². The van der Waals surface area contributed by atoms with E-state index in [2.05, 4.69) is 51.2 Å². The molecule has 0 aromatic heterocycles. The van der Waals surface area contributed by atoms with Crippen molar-refractivity contribution >= 4 is 23.5 Å². The van der Waals surface area contributed by atoms with Crippen LogP contribution in [0.15, 0.2) is 0 Å². The molecule has 0 bridgehead atoms. The van der Waals surface area contributed by atoms with E-state index in [4.69, 9.17) is 0 Å². The molecule has 130 valence electrons. The Bertz CT molecular complexity index is 359. The molecule has 0 N–H and O–H groups in total. The van der Waals surface area contributed by atoms with Crippen LogP contribution in [0.5, 0.6) is 0 Å². The van der Waals surface area contributed by atoms with Crippen LogP contribution in [0.4, 0.5) is 0 Å². The van der Waals surface area contributed by atoms with Crippen molar-refractivity contribution < 1.29 is 0 Å². The molecular weight excluding hydrogens is 273 g/mol. The van der Waals surface area contributed by atoms with E-state index < -0.39 is 0 Å². The number of hydrogen-bond acceptors (Lipinski definition) is 0. The van der Waals surface area contributed by atoms with E-state index in [9.17, 15) is 0 Å². The van der Waals surface area contributed by atoms with Gasteiger partial charge in [-0.05, 0) is 17.8 Å². The second-order valence-corrected chi connectivity index (χ2v) is 11.4. The van der Waals surface area contributed by atoms with Crippen LogP contribution in [0.1, 0.15) is 91.9 Å². The van der Waals surface area contributed by atoms with Gasteiger partial charge >= 0.3 is 0 Å². The van der Waals surface area contributed by atoms with E-state index in [-0.39, 0.29) is 0 Å². The van der Waals surface area contributed by atoms with Crippen LogP contribution < -0.4 is 0 Å². The summed E-state index contributed by atoms with van der Waals surface area (Å²) in [4.78, 5) is 0. The predicted molar refractivity (Wildman–Crippen MR) is 113 cm³/mol. The van der Waals surface area contributed by atoms with Gasteiger partial charge in [-0.25, -0.2) is 0 Å². The molecule has 0 aromatic carbocycles. The molecule has 23 heavy (non-hydrogen) atoms. The SMILES string of the molecule is BC(C)(C)C1CCCC(B)(C2CCC(C(B)(C)C)CC2)CCC1. The van der Waals surface area contributed by atoms with Gasteiger partial charge in [-0.2, -0.15) is 0 Å². The summed E-state index contributed by atoms with van der Waals surface area (Å²) in [5.41, 5.74) is 0. The van der Waals surface area contributed by atoms with Crippen molar-refractivity contribution in [2.45, 2.75) is 108 Å². The fourth-order valence-corrected chi connectivity index (χ4v) is 5.70. The smallest absolute Gasteiger partial charge is 0.0669 e. The van der Waals surface area contributed by atoms with Crippen LogP contribution in [-0.4, -0.2) is 23.5 Å². The van der Waals surface area contributed by atoms with Crippen molar-refractivity contribution in [2.75, 3.05) is 0 Å². The normalized spacial score (nSPS) is 37.8. The lowest BCUT2D eigenvalue weighted by Crippen LogP contribution is -2.32. The Morgan fingerprint density at radius 2 is 1.09 bits per heavy atom. The Hall–Kier alpha value is 0.195. The quantitative estimate of drug-likeness (QED) is 0.684. The van der Waals surface area contributed by atoms with E-state index in [1.54, 1.807) is 0 Å². The first-order valence-corrected chi connectivity index (χ1v) is 10.5. The predicted octanol–water partition coefficient (Wildman–Crippen LogP) is 4.22. The molecule has 0 saturated heterocycles. The lowest BCUT2D eigenvalue weighted by Gasteiger charge is -2.46. The van der Waals surface area contributed by atoms with Crippen LogP contribution in [-0.2, 0) is 0 Å². The average Bonchev–Trinajstić information content (AvgIpc) is 2.41. The summed E-state index contributed by atoms with van der Waals surface area (Å²) in [5, 5.41) is 1.68. The molecule has 2 aliphatic rings. The third-order valence-electron chi connectivity index (χ3n) is 7.76. The maximum Gasteiger partial charge on any atom is 0.109 e. The lowest BCUT2D eigenvalue weighted by atomic mass is 9.49. The highest BCUT2D eigenvalue weighted by atomic mass is 14.4. The molecule has 0 aromatic rings. The summed E-state index contributed by atoms with van der Waals surface area (Å²) < 4.78 is 0. The van der Waals surface area contributed by atoms with Gasteiger partial charge in [-0.3, -0.25) is 0 Å². The summed E-state index contributed by atoms with van der Waals surface area (Å²) in [6, 6.07) is 0. The molecule has 0 nitrogen and oxygen atoms in total. The summed E-state index contributed by atoms with van der Waals surface area (Å²) in [5.74, 6) is 2.91. The molecule has 0 heterocycles. The van der Waals surface area contributed by atoms with Gasteiger partial charge in [-0.15, -0.1) is 0 Å². The van der Waals surface area contributed by atoms with Crippen molar-refractivity contribution in [3.8, 4) is 0 Å². The van der Waals surface area contributed by atoms with Crippen molar-refractivity contribution in [3.05, 3.63) is 0 Å². The zero-order valence-corrected chi connectivity index (χ0v) is 17.3. The largest absolute Gasteiger partial charge is 0.109 e. The van der Waals surface area contributed by atoms with Crippen LogP contribution in [0.2, 0.25) is 15.9 Å². The molecule has 2 aliphatic carbocycles. The minimum atomic E-state index is 0.512. The maximum atomic E-state index is 2.65. The molecule has 0 amide bonds. The first-order chi connectivity index (χ1) is 10.5. The fraction of sp³-hybridized carbons (Fsp3) is 1.00. The topological polar surface area (TPSA) is 0 Å². The van der Waals surface area contributed by atoms with Gasteiger partial charge in [-0.1, -0.05) is 108 Å². The molecule has 2 saturated carbocycles. The van der Waals surface area contributed by atoms with Gasteiger partial charge in [0.1, 0.15) is 23.5 Å². The Morgan fingerprint density at radius 1 is 0.696 bits per heavy atom. The molecule has 2 fully saturated rings. The van der Waals surface area contributed by atoms with Crippen molar-refractivity contribution in [1.29, 1.82) is 0 Å². The highest BCUT2D eigenvalue weighted by Gasteiger charge is 2.39. The highest BCUT2D eigenvalue weighted by molar-refractivity contribution is 6.16. The summed E-state index contributed by atoms with van der Waals surface area (Å²) in [7, 11) is 7.54. The van der Waals surface area contributed by atoms with Crippen molar-refractivity contribution in [2.24, 2.45) is 17.8 Å². The minimum absolute atomic E-state index is 0.512. The zero-order chi connectivity index (χ0) is 17.3. The Morgan fingerprint density at radius 3 is 1.48 bits per heavy atom. The zero-order valence-electron chi connectivity index (χ0n) is 17.3. The van der Waals surface area contributed by atoms with E-state index in [0.29, 0.717) is 15.9 Å². The number of hydrogen-bond donors (Lipinski definition) is 0. The Kier molecular flexibility index (Phi) is 6.12.